The van der Waals surface area contributed by atoms with E-state index in [1.807, 2.05) is 0 Å². The minimum absolute atomic E-state index is 0.0308. The highest BCUT2D eigenvalue weighted by Crippen LogP contribution is 2.25. The van der Waals surface area contributed by atoms with Crippen molar-refractivity contribution in [3.8, 4) is 0 Å². The smallest absolute Gasteiger partial charge is 0.272 e. The molecule has 0 radical (unpaired) electrons. The Kier molecular flexibility index (Phi) is 4.32. The molecule has 2 rings (SSSR count). The third-order valence-corrected chi connectivity index (χ3v) is 4.54. The first-order valence-corrected chi connectivity index (χ1v) is 7.38. The maximum Gasteiger partial charge on any atom is 0.272 e. The van der Waals surface area contributed by atoms with Crippen LogP contribution in [0.25, 0.3) is 0 Å². The first-order valence-electron chi connectivity index (χ1n) is 6.06. The summed E-state index contributed by atoms with van der Waals surface area (Å²) in [5.74, 6) is -0.482. The lowest BCUT2D eigenvalue weighted by molar-refractivity contribution is -0.385. The van der Waals surface area contributed by atoms with E-state index in [1.54, 1.807) is 13.0 Å². The summed E-state index contributed by atoms with van der Waals surface area (Å²) < 4.78 is 25.5. The molecule has 0 saturated heterocycles. The van der Waals surface area contributed by atoms with Crippen molar-refractivity contribution in [3.05, 3.63) is 63.5 Å². The van der Waals surface area contributed by atoms with E-state index in [9.17, 15) is 18.7 Å². The Morgan fingerprint density at radius 2 is 2.05 bits per heavy atom. The van der Waals surface area contributed by atoms with Crippen molar-refractivity contribution >= 4 is 22.2 Å². The fourth-order valence-corrected chi connectivity index (χ4v) is 3.27. The maximum atomic E-state index is 13.2. The minimum atomic E-state index is -1.58. The second-order valence-electron chi connectivity index (χ2n) is 4.49. The zero-order valence-electron chi connectivity index (χ0n) is 11.2. The van der Waals surface area contributed by atoms with Gasteiger partial charge in [0, 0.05) is 17.3 Å². The second-order valence-corrected chi connectivity index (χ2v) is 5.91. The predicted molar refractivity (Wildman–Crippen MR) is 78.8 cm³/mol. The third kappa shape index (κ3) is 3.25. The molecule has 0 heterocycles. The number of nitrogens with zero attached hydrogens (tertiary/aromatic N) is 1. The Bertz CT molecular complexity index is 734. The van der Waals surface area contributed by atoms with Gasteiger partial charge in [-0.05, 0) is 30.7 Å². The zero-order valence-corrected chi connectivity index (χ0v) is 12.0. The molecule has 110 valence electrons. The first kappa shape index (κ1) is 15.1. The van der Waals surface area contributed by atoms with E-state index in [-0.39, 0.29) is 22.0 Å². The van der Waals surface area contributed by atoms with Gasteiger partial charge in [0.15, 0.2) is 0 Å². The van der Waals surface area contributed by atoms with E-state index in [1.165, 1.54) is 24.3 Å². The van der Waals surface area contributed by atoms with Gasteiger partial charge >= 0.3 is 0 Å². The highest BCUT2D eigenvalue weighted by atomic mass is 32.2. The number of benzene rings is 2. The van der Waals surface area contributed by atoms with E-state index in [0.29, 0.717) is 11.1 Å². The zero-order chi connectivity index (χ0) is 15.6. The van der Waals surface area contributed by atoms with E-state index in [4.69, 9.17) is 5.73 Å². The number of nitrogen functional groups attached to an aromatic ring is 1. The summed E-state index contributed by atoms with van der Waals surface area (Å²) in [6.07, 6.45) is 0. The number of halogens is 1. The highest BCUT2D eigenvalue weighted by Gasteiger charge is 2.16. The maximum absolute atomic E-state index is 13.2. The number of hydrogen-bond acceptors (Lipinski definition) is 4. The molecule has 0 aliphatic rings. The molecule has 0 aromatic heterocycles. The molecule has 0 fully saturated rings. The summed E-state index contributed by atoms with van der Waals surface area (Å²) in [6.45, 7) is 1.60. The topological polar surface area (TPSA) is 86.2 Å². The van der Waals surface area contributed by atoms with E-state index < -0.39 is 21.5 Å². The molecule has 2 N–H and O–H groups in total. The Labute approximate surface area is 123 Å². The van der Waals surface area contributed by atoms with Crippen molar-refractivity contribution in [1.29, 1.82) is 0 Å². The summed E-state index contributed by atoms with van der Waals surface area (Å²) >= 11 is 0. The number of anilines is 1. The normalized spacial score (nSPS) is 12.1. The van der Waals surface area contributed by atoms with Crippen LogP contribution in [0, 0.1) is 22.9 Å². The molecule has 7 heteroatoms. The molecule has 2 aromatic carbocycles. The second kappa shape index (κ2) is 6.01. The lowest BCUT2D eigenvalue weighted by Gasteiger charge is -2.08. The molecule has 0 amide bonds. The standard InChI is InChI=1S/C14H13FN2O3S/c1-9-10(3-2-4-13(9)17(18)19)8-21(20)14-7-11(15)5-6-12(14)16/h2-7H,8,16H2,1H3. The number of nitrogens with two attached hydrogens (primary N) is 1. The van der Waals surface area contributed by atoms with Crippen LogP contribution in [0.1, 0.15) is 11.1 Å². The Morgan fingerprint density at radius 1 is 1.33 bits per heavy atom. The van der Waals surface area contributed by atoms with Crippen LogP contribution in [0.5, 0.6) is 0 Å². The van der Waals surface area contributed by atoms with Gasteiger partial charge in [0.25, 0.3) is 5.69 Å². The molecule has 1 atom stereocenters. The van der Waals surface area contributed by atoms with E-state index >= 15 is 0 Å². The summed E-state index contributed by atoms with van der Waals surface area (Å²) in [5, 5.41) is 10.9. The van der Waals surface area contributed by atoms with Gasteiger partial charge in [-0.15, -0.1) is 0 Å². The van der Waals surface area contributed by atoms with Crippen LogP contribution in [0.2, 0.25) is 0 Å². The summed E-state index contributed by atoms with van der Waals surface area (Å²) in [4.78, 5) is 10.6. The van der Waals surface area contributed by atoms with Gasteiger partial charge in [-0.1, -0.05) is 12.1 Å². The van der Waals surface area contributed by atoms with Crippen LogP contribution < -0.4 is 5.73 Å². The lowest BCUT2D eigenvalue weighted by atomic mass is 10.1. The fourth-order valence-electron chi connectivity index (χ4n) is 1.95. The van der Waals surface area contributed by atoms with Crippen molar-refractivity contribution in [2.45, 2.75) is 17.6 Å². The molecule has 0 aliphatic heterocycles. The highest BCUT2D eigenvalue weighted by molar-refractivity contribution is 7.84. The Morgan fingerprint density at radius 3 is 2.71 bits per heavy atom. The first-order chi connectivity index (χ1) is 9.90. The molecular formula is C14H13FN2O3S. The Balaban J connectivity index is 2.34. The third-order valence-electron chi connectivity index (χ3n) is 3.12. The molecule has 0 bridgehead atoms. The minimum Gasteiger partial charge on any atom is -0.398 e. The molecule has 0 saturated carbocycles. The summed E-state index contributed by atoms with van der Waals surface area (Å²) in [7, 11) is -1.58. The van der Waals surface area contributed by atoms with Gasteiger partial charge in [-0.3, -0.25) is 14.3 Å². The van der Waals surface area contributed by atoms with Gasteiger partial charge < -0.3 is 5.73 Å². The number of nitro groups is 1. The monoisotopic (exact) mass is 308 g/mol. The van der Waals surface area contributed by atoms with Crippen molar-refractivity contribution < 1.29 is 13.5 Å². The van der Waals surface area contributed by atoms with Gasteiger partial charge in [0.2, 0.25) is 0 Å². The van der Waals surface area contributed by atoms with Gasteiger partial charge in [0.1, 0.15) is 5.82 Å². The lowest BCUT2D eigenvalue weighted by Crippen LogP contribution is -2.04. The van der Waals surface area contributed by atoms with Gasteiger partial charge in [-0.25, -0.2) is 4.39 Å². The van der Waals surface area contributed by atoms with Crippen molar-refractivity contribution in [3.63, 3.8) is 0 Å². The average Bonchev–Trinajstić information content (AvgIpc) is 2.43. The SMILES string of the molecule is Cc1c(CS(=O)c2cc(F)ccc2N)cccc1[N+](=O)[O-]. The molecule has 0 aliphatic carbocycles. The number of rotatable bonds is 4. The summed E-state index contributed by atoms with van der Waals surface area (Å²) in [5.41, 5.74) is 6.92. The molecule has 5 nitrogen and oxygen atoms in total. The largest absolute Gasteiger partial charge is 0.398 e. The van der Waals surface area contributed by atoms with Crippen LogP contribution in [0.4, 0.5) is 15.8 Å². The summed E-state index contributed by atoms with van der Waals surface area (Å²) in [6, 6.07) is 8.25. The molecule has 21 heavy (non-hydrogen) atoms. The quantitative estimate of drug-likeness (QED) is 0.534. The Hall–Kier alpha value is -2.28. The average molecular weight is 308 g/mol. The van der Waals surface area contributed by atoms with Crippen LogP contribution in [-0.2, 0) is 16.6 Å². The van der Waals surface area contributed by atoms with E-state index in [0.717, 1.165) is 6.07 Å². The molecule has 0 spiro atoms. The molecule has 2 aromatic rings. The van der Waals surface area contributed by atoms with E-state index in [2.05, 4.69) is 0 Å². The van der Waals surface area contributed by atoms with Crippen LogP contribution >= 0.6 is 0 Å². The predicted octanol–water partition coefficient (Wildman–Crippen LogP) is 2.93. The fraction of sp³-hybridized carbons (Fsp3) is 0.143. The van der Waals surface area contributed by atoms with Gasteiger partial charge in [-0.2, -0.15) is 0 Å². The van der Waals surface area contributed by atoms with Crippen LogP contribution in [0.15, 0.2) is 41.3 Å². The van der Waals surface area contributed by atoms with Crippen LogP contribution in [0.3, 0.4) is 0 Å². The van der Waals surface area contributed by atoms with Crippen molar-refractivity contribution in [2.24, 2.45) is 0 Å². The van der Waals surface area contributed by atoms with Crippen LogP contribution in [-0.4, -0.2) is 9.13 Å². The number of hydrogen-bond donors (Lipinski definition) is 1. The van der Waals surface area contributed by atoms with Crippen molar-refractivity contribution in [1.82, 2.24) is 0 Å². The molecule has 1 unspecified atom stereocenters. The van der Waals surface area contributed by atoms with Gasteiger partial charge in [0.05, 0.1) is 26.4 Å². The van der Waals surface area contributed by atoms with Crippen molar-refractivity contribution in [2.75, 3.05) is 5.73 Å². The molecular weight excluding hydrogens is 295 g/mol. The number of nitro benzene ring substituents is 1.